The van der Waals surface area contributed by atoms with E-state index in [0.717, 1.165) is 51.4 Å². The Morgan fingerprint density at radius 3 is 2.45 bits per heavy atom. The number of carbonyl (C=O) groups is 1. The molecule has 5 nitrogen and oxygen atoms in total. The molecule has 2 aromatic carbocycles. The predicted molar refractivity (Wildman–Crippen MR) is 105 cm³/mol. The Hall–Kier alpha value is -2.58. The number of carbonyl (C=O) groups excluding carboxylic acids is 1. The van der Waals surface area contributed by atoms with Crippen molar-refractivity contribution < 1.29 is 22.7 Å². The highest BCUT2D eigenvalue weighted by atomic mass is 19.4. The number of rotatable bonds is 6. The Morgan fingerprint density at radius 2 is 1.76 bits per heavy atom. The standard InChI is InChI=1S/C21H24F3N3O2/c22-21(23,24)18-3-1-2-17(14-18)15-25-20(28)26-19-6-4-16(5-7-19)8-9-27-10-12-29-13-11-27/h1-7,14H,8-13,15H2,(H2,25,26,28). The Bertz CT molecular complexity index is 804. The second-order valence-electron chi connectivity index (χ2n) is 6.91. The van der Waals surface area contributed by atoms with Gasteiger partial charge < -0.3 is 15.4 Å². The molecule has 2 amide bonds. The van der Waals surface area contributed by atoms with Crippen molar-refractivity contribution in [1.29, 1.82) is 0 Å². The van der Waals surface area contributed by atoms with Crippen LogP contribution in [-0.4, -0.2) is 43.8 Å². The molecule has 0 atom stereocenters. The summed E-state index contributed by atoms with van der Waals surface area (Å²) in [6.07, 6.45) is -3.48. The van der Waals surface area contributed by atoms with Gasteiger partial charge in [-0.05, 0) is 41.8 Å². The lowest BCUT2D eigenvalue weighted by atomic mass is 10.1. The van der Waals surface area contributed by atoms with Crippen LogP contribution in [0, 0.1) is 0 Å². The van der Waals surface area contributed by atoms with Gasteiger partial charge in [-0.15, -0.1) is 0 Å². The molecule has 1 saturated heterocycles. The van der Waals surface area contributed by atoms with Crippen LogP contribution in [0.4, 0.5) is 23.7 Å². The molecule has 0 spiro atoms. The van der Waals surface area contributed by atoms with E-state index in [0.29, 0.717) is 11.3 Å². The van der Waals surface area contributed by atoms with E-state index >= 15 is 0 Å². The zero-order chi connectivity index (χ0) is 20.7. The van der Waals surface area contributed by atoms with E-state index < -0.39 is 17.8 Å². The molecule has 0 bridgehead atoms. The van der Waals surface area contributed by atoms with E-state index in [1.54, 1.807) is 6.07 Å². The summed E-state index contributed by atoms with van der Waals surface area (Å²) in [5, 5.41) is 5.26. The summed E-state index contributed by atoms with van der Waals surface area (Å²) in [6, 6.07) is 12.0. The number of anilines is 1. The lowest BCUT2D eigenvalue weighted by molar-refractivity contribution is -0.137. The molecule has 3 rings (SSSR count). The molecule has 0 unspecified atom stereocenters. The van der Waals surface area contributed by atoms with E-state index in [9.17, 15) is 18.0 Å². The Labute approximate surface area is 167 Å². The van der Waals surface area contributed by atoms with Gasteiger partial charge in [0, 0.05) is 31.9 Å². The van der Waals surface area contributed by atoms with E-state index in [-0.39, 0.29) is 6.54 Å². The van der Waals surface area contributed by atoms with E-state index in [2.05, 4.69) is 15.5 Å². The van der Waals surface area contributed by atoms with Gasteiger partial charge in [-0.3, -0.25) is 4.90 Å². The second-order valence-corrected chi connectivity index (χ2v) is 6.91. The Balaban J connectivity index is 1.44. The van der Waals surface area contributed by atoms with E-state index in [1.807, 2.05) is 24.3 Å². The zero-order valence-electron chi connectivity index (χ0n) is 16.0. The van der Waals surface area contributed by atoms with Gasteiger partial charge in [-0.25, -0.2) is 4.79 Å². The molecular formula is C21H24F3N3O2. The van der Waals surface area contributed by atoms with E-state index in [4.69, 9.17) is 4.74 Å². The van der Waals surface area contributed by atoms with Gasteiger partial charge in [0.05, 0.1) is 18.8 Å². The topological polar surface area (TPSA) is 53.6 Å². The van der Waals surface area contributed by atoms with Crippen molar-refractivity contribution in [3.63, 3.8) is 0 Å². The van der Waals surface area contributed by atoms with Crippen molar-refractivity contribution in [2.75, 3.05) is 38.2 Å². The van der Waals surface area contributed by atoms with Gasteiger partial charge in [0.15, 0.2) is 0 Å². The van der Waals surface area contributed by atoms with Crippen LogP contribution >= 0.6 is 0 Å². The fourth-order valence-electron chi connectivity index (χ4n) is 3.08. The molecule has 0 aromatic heterocycles. The third kappa shape index (κ3) is 6.76. The van der Waals surface area contributed by atoms with Gasteiger partial charge >= 0.3 is 12.2 Å². The highest BCUT2D eigenvalue weighted by molar-refractivity contribution is 5.89. The minimum atomic E-state index is -4.40. The molecule has 1 fully saturated rings. The van der Waals surface area contributed by atoms with Gasteiger partial charge in [-0.2, -0.15) is 13.2 Å². The molecule has 0 aliphatic carbocycles. The third-order valence-electron chi connectivity index (χ3n) is 4.74. The SMILES string of the molecule is O=C(NCc1cccc(C(F)(F)F)c1)Nc1ccc(CCN2CCOCC2)cc1. The van der Waals surface area contributed by atoms with Crippen LogP contribution in [0.25, 0.3) is 0 Å². The normalized spacial score (nSPS) is 15.1. The number of urea groups is 1. The number of hydrogen-bond donors (Lipinski definition) is 2. The summed E-state index contributed by atoms with van der Waals surface area (Å²) < 4.78 is 43.6. The second kappa shape index (κ2) is 9.76. The van der Waals surface area contributed by atoms with Crippen molar-refractivity contribution in [2.45, 2.75) is 19.1 Å². The molecule has 8 heteroatoms. The van der Waals surface area contributed by atoms with Crippen molar-refractivity contribution in [2.24, 2.45) is 0 Å². The molecule has 156 valence electrons. The smallest absolute Gasteiger partial charge is 0.379 e. The van der Waals surface area contributed by atoms with E-state index in [1.165, 1.54) is 11.6 Å². The third-order valence-corrected chi connectivity index (χ3v) is 4.74. The van der Waals surface area contributed by atoms with Crippen LogP contribution in [0.3, 0.4) is 0 Å². The monoisotopic (exact) mass is 407 g/mol. The summed E-state index contributed by atoms with van der Waals surface area (Å²) >= 11 is 0. The molecule has 1 aliphatic rings. The van der Waals surface area contributed by atoms with Crippen molar-refractivity contribution in [1.82, 2.24) is 10.2 Å². The molecule has 2 N–H and O–H groups in total. The average molecular weight is 407 g/mol. The first kappa shape index (κ1) is 21.1. The fraction of sp³-hybridized carbons (Fsp3) is 0.381. The minimum Gasteiger partial charge on any atom is -0.379 e. The van der Waals surface area contributed by atoms with Crippen LogP contribution in [0.15, 0.2) is 48.5 Å². The first-order valence-corrected chi connectivity index (χ1v) is 9.50. The first-order chi connectivity index (χ1) is 13.9. The van der Waals surface area contributed by atoms with Gasteiger partial charge in [0.25, 0.3) is 0 Å². The van der Waals surface area contributed by atoms with Gasteiger partial charge in [0.1, 0.15) is 0 Å². The maximum Gasteiger partial charge on any atom is 0.416 e. The molecule has 0 radical (unpaired) electrons. The maximum absolute atomic E-state index is 12.7. The quantitative estimate of drug-likeness (QED) is 0.764. The van der Waals surface area contributed by atoms with Crippen LogP contribution in [0.5, 0.6) is 0 Å². The summed E-state index contributed by atoms with van der Waals surface area (Å²) in [4.78, 5) is 14.4. The number of halogens is 3. The number of benzene rings is 2. The number of nitrogens with zero attached hydrogens (tertiary/aromatic N) is 1. The van der Waals surface area contributed by atoms with Gasteiger partial charge in [0.2, 0.25) is 0 Å². The number of ether oxygens (including phenoxy) is 1. The highest BCUT2D eigenvalue weighted by Crippen LogP contribution is 2.29. The van der Waals surface area contributed by atoms with Crippen molar-refractivity contribution in [3.05, 3.63) is 65.2 Å². The predicted octanol–water partition coefficient (Wildman–Crippen LogP) is 3.90. The molecule has 1 heterocycles. The maximum atomic E-state index is 12.7. The molecule has 0 saturated carbocycles. The lowest BCUT2D eigenvalue weighted by Gasteiger charge is -2.26. The van der Waals surface area contributed by atoms with Crippen LogP contribution in [-0.2, 0) is 23.9 Å². The molecular weight excluding hydrogens is 383 g/mol. The summed E-state index contributed by atoms with van der Waals surface area (Å²) in [6.45, 7) is 4.43. The molecule has 1 aliphatic heterocycles. The van der Waals surface area contributed by atoms with Crippen LogP contribution < -0.4 is 10.6 Å². The summed E-state index contributed by atoms with van der Waals surface area (Å²) in [7, 11) is 0. The highest BCUT2D eigenvalue weighted by Gasteiger charge is 2.30. The molecule has 2 aromatic rings. The summed E-state index contributed by atoms with van der Waals surface area (Å²) in [5.74, 6) is 0. The Morgan fingerprint density at radius 1 is 1.03 bits per heavy atom. The van der Waals surface area contributed by atoms with Crippen LogP contribution in [0.2, 0.25) is 0 Å². The number of morpholine rings is 1. The molecule has 29 heavy (non-hydrogen) atoms. The minimum absolute atomic E-state index is 0.00733. The zero-order valence-corrected chi connectivity index (χ0v) is 16.0. The Kier molecular flexibility index (Phi) is 7.11. The number of hydrogen-bond acceptors (Lipinski definition) is 3. The average Bonchev–Trinajstić information content (AvgIpc) is 2.72. The summed E-state index contributed by atoms with van der Waals surface area (Å²) in [5.41, 5.74) is 1.45. The number of amides is 2. The fourth-order valence-corrected chi connectivity index (χ4v) is 3.08. The lowest BCUT2D eigenvalue weighted by Crippen LogP contribution is -2.37. The number of nitrogens with one attached hydrogen (secondary N) is 2. The van der Waals surface area contributed by atoms with Crippen LogP contribution in [0.1, 0.15) is 16.7 Å². The number of alkyl halides is 3. The largest absolute Gasteiger partial charge is 0.416 e. The van der Waals surface area contributed by atoms with Crippen molar-refractivity contribution in [3.8, 4) is 0 Å². The van der Waals surface area contributed by atoms with Gasteiger partial charge in [-0.1, -0.05) is 24.3 Å². The van der Waals surface area contributed by atoms with Crippen molar-refractivity contribution >= 4 is 11.7 Å². The first-order valence-electron chi connectivity index (χ1n) is 9.50.